The predicted octanol–water partition coefficient (Wildman–Crippen LogP) is 3.60. The van der Waals surface area contributed by atoms with Crippen LogP contribution in [0.2, 0.25) is 0 Å². The molecular formula is C17H14F5N5O2. The van der Waals surface area contributed by atoms with Crippen molar-refractivity contribution in [3.05, 3.63) is 36.5 Å². The highest BCUT2D eigenvalue weighted by Crippen LogP contribution is 2.41. The summed E-state index contributed by atoms with van der Waals surface area (Å²) in [6.07, 6.45) is -4.35. The fraction of sp³-hybridized carbons (Fsp3) is 0.412. The van der Waals surface area contributed by atoms with Crippen LogP contribution < -0.4 is 4.74 Å². The number of aromatic nitrogens is 5. The lowest BCUT2D eigenvalue weighted by atomic mass is 10.2. The van der Waals surface area contributed by atoms with Gasteiger partial charge in [-0.25, -0.2) is 4.98 Å². The topological polar surface area (TPSA) is 74.4 Å². The van der Waals surface area contributed by atoms with E-state index in [-0.39, 0.29) is 23.1 Å². The molecule has 3 heterocycles. The van der Waals surface area contributed by atoms with Gasteiger partial charge in [-0.15, -0.1) is 10.2 Å². The van der Waals surface area contributed by atoms with Crippen LogP contribution in [0, 0.1) is 5.92 Å². The van der Waals surface area contributed by atoms with E-state index in [9.17, 15) is 22.0 Å². The molecule has 1 saturated carbocycles. The van der Waals surface area contributed by atoms with Gasteiger partial charge in [-0.05, 0) is 18.4 Å². The summed E-state index contributed by atoms with van der Waals surface area (Å²) >= 11 is 0. The van der Waals surface area contributed by atoms with Crippen molar-refractivity contribution in [2.45, 2.75) is 31.7 Å². The van der Waals surface area contributed by atoms with Crippen LogP contribution >= 0.6 is 0 Å². The van der Waals surface area contributed by atoms with Crippen molar-refractivity contribution in [3.8, 4) is 17.1 Å². The molecule has 0 aromatic carbocycles. The molecule has 0 bridgehead atoms. The number of halogens is 5. The van der Waals surface area contributed by atoms with Crippen LogP contribution in [0.5, 0.6) is 5.88 Å². The van der Waals surface area contributed by atoms with E-state index in [2.05, 4.69) is 24.9 Å². The standard InChI is InChI=1S/C17H14F5N5O2/c1-9-4-12(9)29-17(21,22)15-26-25-13-6-23-11(7-27(13)15)10-2-3-14(24-5-10)28-8-16(18,19)20/h2-3,5-7,9,12H,4,8H2,1H3. The summed E-state index contributed by atoms with van der Waals surface area (Å²) in [4.78, 5) is 7.88. The average Bonchev–Trinajstić information content (AvgIpc) is 3.16. The van der Waals surface area contributed by atoms with Crippen molar-refractivity contribution in [2.75, 3.05) is 6.61 Å². The van der Waals surface area contributed by atoms with Gasteiger partial charge in [0.25, 0.3) is 0 Å². The first-order valence-electron chi connectivity index (χ1n) is 8.55. The summed E-state index contributed by atoms with van der Waals surface area (Å²) in [6.45, 7) is 0.335. The lowest BCUT2D eigenvalue weighted by Crippen LogP contribution is -2.23. The van der Waals surface area contributed by atoms with Gasteiger partial charge in [0.15, 0.2) is 12.3 Å². The average molecular weight is 415 g/mol. The molecule has 2 unspecified atom stereocenters. The molecule has 1 aliphatic rings. The number of fused-ring (bicyclic) bond motifs is 1. The summed E-state index contributed by atoms with van der Waals surface area (Å²) in [5.74, 6) is -0.856. The molecule has 3 aromatic rings. The number of nitrogens with zero attached hydrogens (tertiary/aromatic N) is 5. The Morgan fingerprint density at radius 1 is 1.10 bits per heavy atom. The van der Waals surface area contributed by atoms with Crippen LogP contribution in [-0.4, -0.2) is 43.5 Å². The molecule has 4 rings (SSSR count). The molecule has 0 aliphatic heterocycles. The summed E-state index contributed by atoms with van der Waals surface area (Å²) in [5.41, 5.74) is 0.712. The van der Waals surface area contributed by atoms with Gasteiger partial charge in [-0.2, -0.15) is 22.0 Å². The van der Waals surface area contributed by atoms with Gasteiger partial charge < -0.3 is 9.47 Å². The van der Waals surface area contributed by atoms with E-state index in [0.717, 1.165) is 4.40 Å². The van der Waals surface area contributed by atoms with Crippen LogP contribution in [-0.2, 0) is 10.8 Å². The molecule has 7 nitrogen and oxygen atoms in total. The minimum absolute atomic E-state index is 0.0569. The Balaban J connectivity index is 1.58. The van der Waals surface area contributed by atoms with Gasteiger partial charge in [-0.1, -0.05) is 6.92 Å². The quantitative estimate of drug-likeness (QED) is 0.573. The third-order valence-corrected chi connectivity index (χ3v) is 4.30. The van der Waals surface area contributed by atoms with Crippen molar-refractivity contribution in [1.29, 1.82) is 0 Å². The lowest BCUT2D eigenvalue weighted by molar-refractivity contribution is -0.263. The fourth-order valence-corrected chi connectivity index (χ4v) is 2.62. The lowest BCUT2D eigenvalue weighted by Gasteiger charge is -2.15. The van der Waals surface area contributed by atoms with Crippen molar-refractivity contribution in [1.82, 2.24) is 24.6 Å². The summed E-state index contributed by atoms with van der Waals surface area (Å²) < 4.78 is 75.9. The van der Waals surface area contributed by atoms with Crippen molar-refractivity contribution < 1.29 is 31.4 Å². The molecule has 0 radical (unpaired) electrons. The minimum Gasteiger partial charge on any atom is -0.468 e. The van der Waals surface area contributed by atoms with Crippen molar-refractivity contribution >= 4 is 5.65 Å². The van der Waals surface area contributed by atoms with E-state index in [0.29, 0.717) is 12.0 Å². The number of alkyl halides is 5. The first-order valence-corrected chi connectivity index (χ1v) is 8.55. The van der Waals surface area contributed by atoms with Gasteiger partial charge >= 0.3 is 12.3 Å². The van der Waals surface area contributed by atoms with E-state index >= 15 is 0 Å². The second-order valence-electron chi connectivity index (χ2n) is 6.70. The molecule has 2 atom stereocenters. The van der Waals surface area contributed by atoms with Gasteiger partial charge in [0.1, 0.15) is 0 Å². The molecule has 12 heteroatoms. The number of rotatable bonds is 6. The molecule has 154 valence electrons. The SMILES string of the molecule is CC1CC1OC(F)(F)c1nnc2cnc(-c3ccc(OCC(F)(F)F)nc3)cn12. The minimum atomic E-state index is -4.48. The maximum absolute atomic E-state index is 14.5. The molecular weight excluding hydrogens is 401 g/mol. The zero-order valence-corrected chi connectivity index (χ0v) is 14.9. The third kappa shape index (κ3) is 4.26. The second-order valence-corrected chi connectivity index (χ2v) is 6.70. The number of pyridine rings is 1. The Hall–Kier alpha value is -2.89. The monoisotopic (exact) mass is 415 g/mol. The highest BCUT2D eigenvalue weighted by Gasteiger charge is 2.47. The second kappa shape index (κ2) is 6.87. The smallest absolute Gasteiger partial charge is 0.422 e. The zero-order chi connectivity index (χ0) is 20.8. The highest BCUT2D eigenvalue weighted by molar-refractivity contribution is 5.59. The molecule has 0 N–H and O–H groups in total. The Morgan fingerprint density at radius 3 is 2.48 bits per heavy atom. The number of ether oxygens (including phenoxy) is 2. The predicted molar refractivity (Wildman–Crippen MR) is 88.1 cm³/mol. The summed E-state index contributed by atoms with van der Waals surface area (Å²) in [5, 5.41) is 7.20. The van der Waals surface area contributed by atoms with Crippen molar-refractivity contribution in [3.63, 3.8) is 0 Å². The Kier molecular flexibility index (Phi) is 4.60. The Morgan fingerprint density at radius 2 is 1.86 bits per heavy atom. The summed E-state index contributed by atoms with van der Waals surface area (Å²) in [7, 11) is 0. The van der Waals surface area contributed by atoms with E-state index in [1.54, 1.807) is 6.92 Å². The van der Waals surface area contributed by atoms with Crippen molar-refractivity contribution in [2.24, 2.45) is 5.92 Å². The fourth-order valence-electron chi connectivity index (χ4n) is 2.62. The van der Waals surface area contributed by atoms with Gasteiger partial charge in [0.05, 0.1) is 18.0 Å². The van der Waals surface area contributed by atoms with Crippen LogP contribution in [0.15, 0.2) is 30.7 Å². The first kappa shape index (κ1) is 19.4. The Bertz CT molecular complexity index is 1020. The Labute approximate surface area is 160 Å². The summed E-state index contributed by atoms with van der Waals surface area (Å²) in [6, 6.07) is 2.64. The highest BCUT2D eigenvalue weighted by atomic mass is 19.4. The van der Waals surface area contributed by atoms with Crippen LogP contribution in [0.25, 0.3) is 16.9 Å². The molecule has 3 aromatic heterocycles. The molecule has 0 saturated heterocycles. The van der Waals surface area contributed by atoms with E-state index in [1.807, 2.05) is 0 Å². The molecule has 1 aliphatic carbocycles. The van der Waals surface area contributed by atoms with Gasteiger partial charge in [-0.3, -0.25) is 9.38 Å². The molecule has 0 spiro atoms. The normalized spacial score (nSPS) is 19.5. The zero-order valence-electron chi connectivity index (χ0n) is 14.9. The maximum Gasteiger partial charge on any atom is 0.422 e. The number of hydrogen-bond donors (Lipinski definition) is 0. The maximum atomic E-state index is 14.5. The van der Waals surface area contributed by atoms with E-state index < -0.39 is 30.8 Å². The largest absolute Gasteiger partial charge is 0.468 e. The number of hydrogen-bond acceptors (Lipinski definition) is 6. The molecule has 1 fully saturated rings. The molecule has 0 amide bonds. The first-order chi connectivity index (χ1) is 13.6. The van der Waals surface area contributed by atoms with Crippen LogP contribution in [0.1, 0.15) is 19.2 Å². The van der Waals surface area contributed by atoms with Crippen LogP contribution in [0.4, 0.5) is 22.0 Å². The van der Waals surface area contributed by atoms with Gasteiger partial charge in [0, 0.05) is 24.0 Å². The molecule has 29 heavy (non-hydrogen) atoms. The van der Waals surface area contributed by atoms with E-state index in [4.69, 9.17) is 4.74 Å². The van der Waals surface area contributed by atoms with Crippen LogP contribution in [0.3, 0.4) is 0 Å². The van der Waals surface area contributed by atoms with E-state index in [1.165, 1.54) is 30.7 Å². The van der Waals surface area contributed by atoms with Gasteiger partial charge in [0.2, 0.25) is 11.7 Å². The third-order valence-electron chi connectivity index (χ3n) is 4.30.